The van der Waals surface area contributed by atoms with Crippen LogP contribution in [0.3, 0.4) is 0 Å². The van der Waals surface area contributed by atoms with E-state index in [-0.39, 0.29) is 5.97 Å². The first kappa shape index (κ1) is 48.7. The molecule has 0 aliphatic heterocycles. The van der Waals surface area contributed by atoms with Gasteiger partial charge in [0.15, 0.2) is 0 Å². The summed E-state index contributed by atoms with van der Waals surface area (Å²) in [6, 6.07) is 0. The van der Waals surface area contributed by atoms with Crippen molar-refractivity contribution >= 4 is 5.97 Å². The lowest BCUT2D eigenvalue weighted by Gasteiger charge is -2.23. The highest BCUT2D eigenvalue weighted by atomic mass is 16.5. The molecule has 1 aromatic heterocycles. The number of hydrogen-bond donors (Lipinski definition) is 0. The molecule has 0 aliphatic rings. The molecule has 0 saturated carbocycles. The first-order chi connectivity index (χ1) is 25.6. The molecule has 0 fully saturated rings. The number of aryl methyl sites for hydroxylation is 1. The van der Waals surface area contributed by atoms with Crippen molar-refractivity contribution in [2.75, 3.05) is 26.2 Å². The Morgan fingerprint density at radius 3 is 1.40 bits per heavy atom. The number of ether oxygens (including phenoxy) is 1. The van der Waals surface area contributed by atoms with E-state index < -0.39 is 0 Å². The topological polar surface area (TPSA) is 47.4 Å². The average molecular weight is 730 g/mol. The Kier molecular flexibility index (Phi) is 35.5. The highest BCUT2D eigenvalue weighted by molar-refractivity contribution is 5.69. The summed E-state index contributed by atoms with van der Waals surface area (Å²) >= 11 is 0. The van der Waals surface area contributed by atoms with Gasteiger partial charge in [0.2, 0.25) is 0 Å². The van der Waals surface area contributed by atoms with Crippen molar-refractivity contribution in [2.45, 2.75) is 246 Å². The zero-order chi connectivity index (χ0) is 37.6. The lowest BCUT2D eigenvalue weighted by atomic mass is 9.91. The van der Waals surface area contributed by atoms with Crippen LogP contribution in [0.2, 0.25) is 0 Å². The predicted molar refractivity (Wildman–Crippen MR) is 227 cm³/mol. The molecule has 1 unspecified atom stereocenters. The number of rotatable bonds is 41. The van der Waals surface area contributed by atoms with Gasteiger partial charge in [-0.15, -0.1) is 0 Å². The van der Waals surface area contributed by atoms with Crippen LogP contribution in [0, 0.1) is 12.8 Å². The highest BCUT2D eigenvalue weighted by Gasteiger charge is 2.15. The van der Waals surface area contributed by atoms with E-state index in [0.29, 0.717) is 18.9 Å². The van der Waals surface area contributed by atoms with Gasteiger partial charge in [0, 0.05) is 31.9 Å². The Labute approximate surface area is 325 Å². The van der Waals surface area contributed by atoms with Crippen LogP contribution in [0.1, 0.15) is 238 Å². The molecule has 0 saturated heterocycles. The number of carbonyl (C=O) groups is 1. The van der Waals surface area contributed by atoms with Gasteiger partial charge in [0.25, 0.3) is 0 Å². The number of imidazole rings is 1. The summed E-state index contributed by atoms with van der Waals surface area (Å²) in [4.78, 5) is 20.0. The molecule has 5 nitrogen and oxygen atoms in total. The second-order valence-corrected chi connectivity index (χ2v) is 16.4. The van der Waals surface area contributed by atoms with Gasteiger partial charge in [-0.05, 0) is 58.0 Å². The van der Waals surface area contributed by atoms with Crippen molar-refractivity contribution < 1.29 is 9.53 Å². The maximum Gasteiger partial charge on any atom is 0.306 e. The molecule has 0 N–H and O–H groups in total. The molecule has 0 amide bonds. The van der Waals surface area contributed by atoms with Crippen LogP contribution < -0.4 is 0 Å². The lowest BCUT2D eigenvalue weighted by Crippen LogP contribution is -2.30. The number of nitrogens with zero attached hydrogens (tertiary/aromatic N) is 3. The Morgan fingerprint density at radius 2 is 0.981 bits per heavy atom. The normalized spacial score (nSPS) is 12.2. The molecule has 5 heteroatoms. The van der Waals surface area contributed by atoms with Crippen molar-refractivity contribution in [3.8, 4) is 0 Å². The minimum Gasteiger partial charge on any atom is -0.466 e. The molecule has 0 aliphatic carbocycles. The summed E-state index contributed by atoms with van der Waals surface area (Å²) in [5.74, 6) is 1.68. The molecule has 52 heavy (non-hydrogen) atoms. The Morgan fingerprint density at radius 1 is 0.577 bits per heavy atom. The second-order valence-electron chi connectivity index (χ2n) is 16.4. The van der Waals surface area contributed by atoms with Gasteiger partial charge >= 0.3 is 5.97 Å². The fourth-order valence-electron chi connectivity index (χ4n) is 7.80. The first-order valence-corrected chi connectivity index (χ1v) is 23.5. The molecular weight excluding hydrogens is 639 g/mol. The quantitative estimate of drug-likeness (QED) is 0.0497. The van der Waals surface area contributed by atoms with Gasteiger partial charge in [0.1, 0.15) is 5.82 Å². The fourth-order valence-corrected chi connectivity index (χ4v) is 7.80. The number of aromatic nitrogens is 2. The molecule has 0 bridgehead atoms. The van der Waals surface area contributed by atoms with Crippen LogP contribution in [-0.4, -0.2) is 46.7 Å². The number of unbranched alkanes of at least 4 members (excludes halogenated alkanes) is 26. The van der Waals surface area contributed by atoms with E-state index in [9.17, 15) is 4.79 Å². The Bertz CT molecular complexity index is 871. The van der Waals surface area contributed by atoms with E-state index in [1.807, 2.05) is 6.20 Å². The first-order valence-electron chi connectivity index (χ1n) is 23.5. The SMILES string of the molecule is CCCCCCCCCCCCCCN(CCCCCCOC(=O)CC(CCCCCCCC)CCCCCCCCCC)CCn1ccnc1C. The summed E-state index contributed by atoms with van der Waals surface area (Å²) in [6.45, 7) is 14.1. The lowest BCUT2D eigenvalue weighted by molar-refractivity contribution is -0.145. The summed E-state index contributed by atoms with van der Waals surface area (Å²) in [7, 11) is 0. The van der Waals surface area contributed by atoms with Crippen LogP contribution in [0.15, 0.2) is 12.4 Å². The van der Waals surface area contributed by atoms with Gasteiger partial charge < -0.3 is 14.2 Å². The number of esters is 1. The van der Waals surface area contributed by atoms with Crippen molar-refractivity contribution in [1.29, 1.82) is 0 Å². The molecule has 1 rings (SSSR count). The van der Waals surface area contributed by atoms with Crippen LogP contribution in [0.4, 0.5) is 0 Å². The molecule has 1 atom stereocenters. The smallest absolute Gasteiger partial charge is 0.306 e. The fraction of sp³-hybridized carbons (Fsp3) is 0.915. The monoisotopic (exact) mass is 730 g/mol. The maximum atomic E-state index is 12.9. The summed E-state index contributed by atoms with van der Waals surface area (Å²) in [5, 5.41) is 0. The molecule has 1 aromatic rings. The number of hydrogen-bond acceptors (Lipinski definition) is 4. The summed E-state index contributed by atoms with van der Waals surface area (Å²) in [5.41, 5.74) is 0. The maximum absolute atomic E-state index is 12.9. The van der Waals surface area contributed by atoms with Crippen molar-refractivity contribution in [1.82, 2.24) is 14.5 Å². The van der Waals surface area contributed by atoms with Gasteiger partial charge in [-0.25, -0.2) is 4.98 Å². The van der Waals surface area contributed by atoms with Gasteiger partial charge in [-0.1, -0.05) is 194 Å². The molecule has 0 radical (unpaired) electrons. The Hall–Kier alpha value is -1.36. The van der Waals surface area contributed by atoms with E-state index in [2.05, 4.69) is 48.3 Å². The largest absolute Gasteiger partial charge is 0.466 e. The standard InChI is InChI=1S/C47H91N3O2/c1-5-8-11-14-17-19-20-21-22-24-27-32-38-49(41-42-50-40-37-48-45(50)4)39-33-28-29-34-43-52-47(51)44-46(35-30-25-16-13-10-7-3)36-31-26-23-18-15-12-9-6-2/h37,40,46H,5-36,38-39,41-44H2,1-4H3. The third-order valence-electron chi connectivity index (χ3n) is 11.4. The molecule has 0 aromatic carbocycles. The highest BCUT2D eigenvalue weighted by Crippen LogP contribution is 2.23. The predicted octanol–water partition coefficient (Wildman–Crippen LogP) is 14.6. The minimum absolute atomic E-state index is 0.0546. The van der Waals surface area contributed by atoms with E-state index in [0.717, 1.165) is 31.8 Å². The molecule has 1 heterocycles. The zero-order valence-electron chi connectivity index (χ0n) is 35.8. The zero-order valence-corrected chi connectivity index (χ0v) is 35.8. The third kappa shape index (κ3) is 31.0. The van der Waals surface area contributed by atoms with E-state index in [1.54, 1.807) is 0 Å². The van der Waals surface area contributed by atoms with Crippen LogP contribution >= 0.6 is 0 Å². The van der Waals surface area contributed by atoms with E-state index in [1.165, 1.54) is 206 Å². The van der Waals surface area contributed by atoms with Gasteiger partial charge in [0.05, 0.1) is 6.61 Å². The van der Waals surface area contributed by atoms with Crippen molar-refractivity contribution in [3.05, 3.63) is 18.2 Å². The third-order valence-corrected chi connectivity index (χ3v) is 11.4. The molecule has 306 valence electrons. The van der Waals surface area contributed by atoms with Crippen LogP contribution in [0.25, 0.3) is 0 Å². The average Bonchev–Trinajstić information content (AvgIpc) is 3.56. The van der Waals surface area contributed by atoms with E-state index >= 15 is 0 Å². The van der Waals surface area contributed by atoms with Crippen molar-refractivity contribution in [3.63, 3.8) is 0 Å². The summed E-state index contributed by atoms with van der Waals surface area (Å²) in [6.07, 6.45) is 47.3. The molecule has 0 spiro atoms. The van der Waals surface area contributed by atoms with Crippen LogP contribution in [0.5, 0.6) is 0 Å². The van der Waals surface area contributed by atoms with Crippen molar-refractivity contribution in [2.24, 2.45) is 5.92 Å². The van der Waals surface area contributed by atoms with Gasteiger partial charge in [-0.3, -0.25) is 4.79 Å². The van der Waals surface area contributed by atoms with Crippen LogP contribution in [-0.2, 0) is 16.1 Å². The summed E-state index contributed by atoms with van der Waals surface area (Å²) < 4.78 is 8.09. The minimum atomic E-state index is 0.0546. The second kappa shape index (κ2) is 37.9. The number of carbonyl (C=O) groups excluding carboxylic acids is 1. The van der Waals surface area contributed by atoms with E-state index in [4.69, 9.17) is 4.74 Å². The van der Waals surface area contributed by atoms with Gasteiger partial charge in [-0.2, -0.15) is 0 Å². The Balaban J connectivity index is 2.28. The molecular formula is C47H91N3O2.